The number of benzene rings is 1. The van der Waals surface area contributed by atoms with Gasteiger partial charge in [-0.25, -0.2) is 14.4 Å². The molecule has 0 bridgehead atoms. The number of nitrogens with one attached hydrogen (secondary N) is 3. The van der Waals surface area contributed by atoms with Gasteiger partial charge in [0.1, 0.15) is 29.1 Å². The molecule has 2 heterocycles. The van der Waals surface area contributed by atoms with Crippen molar-refractivity contribution in [2.45, 2.75) is 65.0 Å². The molecule has 8 nitrogen and oxygen atoms in total. The van der Waals surface area contributed by atoms with Crippen LogP contribution in [0, 0.1) is 24.6 Å². The van der Waals surface area contributed by atoms with Crippen LogP contribution in [-0.2, 0) is 4.79 Å². The van der Waals surface area contributed by atoms with E-state index in [1.165, 1.54) is 25.4 Å². The number of aryl methyl sites for hydroxylation is 1. The summed E-state index contributed by atoms with van der Waals surface area (Å²) in [5.41, 5.74) is 3.22. The van der Waals surface area contributed by atoms with Crippen molar-refractivity contribution in [3.63, 3.8) is 0 Å². The Morgan fingerprint density at radius 2 is 1.97 bits per heavy atom. The summed E-state index contributed by atoms with van der Waals surface area (Å²) in [6, 6.07) is 4.56. The average molecular weight is 494 g/mol. The highest BCUT2D eigenvalue weighted by Crippen LogP contribution is 2.37. The molecule has 36 heavy (non-hydrogen) atoms. The first-order chi connectivity index (χ1) is 17.3. The lowest BCUT2D eigenvalue weighted by molar-refractivity contribution is -0.120. The molecule has 3 aromatic rings. The topological polar surface area (TPSA) is 109 Å². The Morgan fingerprint density at radius 1 is 1.17 bits per heavy atom. The number of carbonyl (C=O) groups excluding carboxylic acids is 2. The van der Waals surface area contributed by atoms with E-state index in [0.29, 0.717) is 51.8 Å². The fraction of sp³-hybridized carbons (Fsp3) is 0.481. The second-order valence-corrected chi connectivity index (χ2v) is 10.2. The van der Waals surface area contributed by atoms with Crippen LogP contribution in [0.3, 0.4) is 0 Å². The molecule has 3 N–H and O–H groups in total. The zero-order valence-electron chi connectivity index (χ0n) is 20.9. The van der Waals surface area contributed by atoms with Gasteiger partial charge in [0.25, 0.3) is 5.91 Å². The maximum Gasteiger partial charge on any atom is 0.255 e. The monoisotopic (exact) mass is 493 g/mol. The summed E-state index contributed by atoms with van der Waals surface area (Å²) in [5.74, 6) is 0.745. The van der Waals surface area contributed by atoms with Gasteiger partial charge in [0, 0.05) is 30.3 Å². The van der Waals surface area contributed by atoms with Gasteiger partial charge >= 0.3 is 0 Å². The Labute approximate surface area is 209 Å². The summed E-state index contributed by atoms with van der Waals surface area (Å²) in [5, 5.41) is 6.17. The third-order valence-electron chi connectivity index (χ3n) is 7.26. The molecule has 2 aliphatic rings. The number of nitrogens with zero attached hydrogens (tertiary/aromatic N) is 2. The van der Waals surface area contributed by atoms with Crippen molar-refractivity contribution in [3.8, 4) is 17.0 Å². The summed E-state index contributed by atoms with van der Waals surface area (Å²) in [7, 11) is 0. The molecule has 0 radical (unpaired) electrons. The predicted octanol–water partition coefficient (Wildman–Crippen LogP) is 4.28. The SMILES string of the molecule is CC(=O)N[C@@H]1CC[C@@H](NC(=O)c2c(C)[nH]c3c(-c4cc(F)ccc4OCC4CC4)ncnc23)C[C@H]1C. The average Bonchev–Trinajstić information content (AvgIpc) is 3.59. The van der Waals surface area contributed by atoms with Crippen molar-refractivity contribution >= 4 is 22.8 Å². The highest BCUT2D eigenvalue weighted by atomic mass is 19.1. The number of hydrogen-bond donors (Lipinski definition) is 3. The predicted molar refractivity (Wildman–Crippen MR) is 134 cm³/mol. The Hall–Kier alpha value is -3.49. The van der Waals surface area contributed by atoms with Gasteiger partial charge in [0.15, 0.2) is 0 Å². The molecule has 2 aromatic heterocycles. The minimum absolute atomic E-state index is 0.00816. The highest BCUT2D eigenvalue weighted by molar-refractivity contribution is 6.09. The number of carbonyl (C=O) groups is 2. The molecule has 2 saturated carbocycles. The van der Waals surface area contributed by atoms with Crippen LogP contribution in [0.15, 0.2) is 24.5 Å². The van der Waals surface area contributed by atoms with Crippen LogP contribution in [0.25, 0.3) is 22.3 Å². The normalized spacial score (nSPS) is 21.8. The van der Waals surface area contributed by atoms with Gasteiger partial charge in [0.2, 0.25) is 5.91 Å². The summed E-state index contributed by atoms with van der Waals surface area (Å²) in [6.07, 6.45) is 6.08. The van der Waals surface area contributed by atoms with Gasteiger partial charge in [-0.3, -0.25) is 9.59 Å². The minimum atomic E-state index is -0.388. The van der Waals surface area contributed by atoms with Crippen molar-refractivity contribution in [2.75, 3.05) is 6.61 Å². The van der Waals surface area contributed by atoms with Crippen LogP contribution in [-0.4, -0.2) is 45.5 Å². The van der Waals surface area contributed by atoms with Crippen molar-refractivity contribution in [2.24, 2.45) is 11.8 Å². The van der Waals surface area contributed by atoms with Crippen LogP contribution in [0.2, 0.25) is 0 Å². The van der Waals surface area contributed by atoms with Crippen LogP contribution in [0.4, 0.5) is 4.39 Å². The molecule has 2 amide bonds. The van der Waals surface area contributed by atoms with Crippen molar-refractivity contribution in [1.29, 1.82) is 0 Å². The van der Waals surface area contributed by atoms with E-state index >= 15 is 0 Å². The van der Waals surface area contributed by atoms with Crippen LogP contribution >= 0.6 is 0 Å². The molecule has 0 spiro atoms. The molecule has 190 valence electrons. The molecule has 2 aliphatic carbocycles. The number of halogens is 1. The second-order valence-electron chi connectivity index (χ2n) is 10.2. The smallest absolute Gasteiger partial charge is 0.255 e. The summed E-state index contributed by atoms with van der Waals surface area (Å²) >= 11 is 0. The second kappa shape index (κ2) is 9.87. The van der Waals surface area contributed by atoms with E-state index in [0.717, 1.165) is 32.1 Å². The van der Waals surface area contributed by atoms with E-state index in [1.54, 1.807) is 6.07 Å². The van der Waals surface area contributed by atoms with Crippen LogP contribution in [0.1, 0.15) is 62.0 Å². The number of rotatable bonds is 7. The fourth-order valence-electron chi connectivity index (χ4n) is 5.17. The molecule has 0 saturated heterocycles. The maximum atomic E-state index is 14.2. The zero-order chi connectivity index (χ0) is 25.4. The third kappa shape index (κ3) is 5.05. The number of fused-ring (bicyclic) bond motifs is 1. The number of amides is 2. The van der Waals surface area contributed by atoms with Crippen molar-refractivity contribution < 1.29 is 18.7 Å². The molecule has 2 fully saturated rings. The molecule has 0 aliphatic heterocycles. The van der Waals surface area contributed by atoms with Crippen molar-refractivity contribution in [1.82, 2.24) is 25.6 Å². The lowest BCUT2D eigenvalue weighted by atomic mass is 9.82. The van der Waals surface area contributed by atoms with E-state index in [1.807, 2.05) is 6.92 Å². The third-order valence-corrected chi connectivity index (χ3v) is 7.26. The summed E-state index contributed by atoms with van der Waals surface area (Å²) in [4.78, 5) is 36.9. The molecular weight excluding hydrogens is 461 g/mol. The first-order valence-corrected chi connectivity index (χ1v) is 12.6. The number of H-pyrrole nitrogens is 1. The van der Waals surface area contributed by atoms with Crippen LogP contribution < -0.4 is 15.4 Å². The highest BCUT2D eigenvalue weighted by Gasteiger charge is 2.30. The minimum Gasteiger partial charge on any atom is -0.493 e. The van der Waals surface area contributed by atoms with Gasteiger partial charge in [-0.2, -0.15) is 0 Å². The van der Waals surface area contributed by atoms with Crippen molar-refractivity contribution in [3.05, 3.63) is 41.6 Å². The van der Waals surface area contributed by atoms with Gasteiger partial charge in [-0.15, -0.1) is 0 Å². The van der Waals surface area contributed by atoms with Gasteiger partial charge in [-0.05, 0) is 69.1 Å². The largest absolute Gasteiger partial charge is 0.493 e. The molecular formula is C27H32FN5O3. The fourth-order valence-corrected chi connectivity index (χ4v) is 5.17. The van der Waals surface area contributed by atoms with E-state index in [-0.39, 0.29) is 35.6 Å². The number of aromatic nitrogens is 3. The molecule has 0 unspecified atom stereocenters. The first kappa shape index (κ1) is 24.2. The first-order valence-electron chi connectivity index (χ1n) is 12.6. The molecule has 1 aromatic carbocycles. The molecule has 3 atom stereocenters. The quantitative estimate of drug-likeness (QED) is 0.455. The van der Waals surface area contributed by atoms with E-state index in [4.69, 9.17) is 4.74 Å². The summed E-state index contributed by atoms with van der Waals surface area (Å²) in [6.45, 7) is 6.04. The lowest BCUT2D eigenvalue weighted by Gasteiger charge is -2.34. The molecule has 9 heteroatoms. The van der Waals surface area contributed by atoms with E-state index in [2.05, 4.69) is 32.5 Å². The summed E-state index contributed by atoms with van der Waals surface area (Å²) < 4.78 is 20.3. The van der Waals surface area contributed by atoms with Gasteiger partial charge in [-0.1, -0.05) is 6.92 Å². The number of ether oxygens (including phenoxy) is 1. The molecule has 5 rings (SSSR count). The Morgan fingerprint density at radius 3 is 2.69 bits per heavy atom. The lowest BCUT2D eigenvalue weighted by Crippen LogP contribution is -2.47. The number of aromatic amines is 1. The number of hydrogen-bond acceptors (Lipinski definition) is 5. The van der Waals surface area contributed by atoms with Gasteiger partial charge < -0.3 is 20.4 Å². The standard InChI is InChI=1S/C27H32FN5O3/c1-14-10-19(7-8-21(14)32-16(3)34)33-27(35)23-15(2)31-26-24(29-13-30-25(23)26)20-11-18(28)6-9-22(20)36-12-17-4-5-17/h6,9,11,13-14,17,19,21,31H,4-5,7-8,10,12H2,1-3H3,(H,32,34)(H,33,35)/t14-,19-,21-/m1/s1. The Balaban J connectivity index is 1.40. The maximum absolute atomic E-state index is 14.2. The van der Waals surface area contributed by atoms with E-state index in [9.17, 15) is 14.0 Å². The Bertz CT molecular complexity index is 1300. The van der Waals surface area contributed by atoms with Crippen LogP contribution in [0.5, 0.6) is 5.75 Å². The van der Waals surface area contributed by atoms with Gasteiger partial charge in [0.05, 0.1) is 17.7 Å². The zero-order valence-corrected chi connectivity index (χ0v) is 20.9. The Kier molecular flexibility index (Phi) is 6.64. The van der Waals surface area contributed by atoms with E-state index < -0.39 is 0 Å².